The standard InChI is InChI=1S/C16H24N6/c1-11-12(2)19-16(22-7-5-6-8-22)20-15(11)18-13(3)14-9-17-21(4)10-14/h9-10,13H,5-8H2,1-4H3,(H,18,19,20). The maximum absolute atomic E-state index is 4.76. The Balaban J connectivity index is 1.85. The van der Waals surface area contributed by atoms with Gasteiger partial charge >= 0.3 is 0 Å². The maximum atomic E-state index is 4.76. The lowest BCUT2D eigenvalue weighted by atomic mass is 10.1. The molecule has 0 aromatic carbocycles. The summed E-state index contributed by atoms with van der Waals surface area (Å²) in [5.41, 5.74) is 3.30. The van der Waals surface area contributed by atoms with Gasteiger partial charge in [-0.05, 0) is 33.6 Å². The van der Waals surface area contributed by atoms with E-state index in [2.05, 4.69) is 41.1 Å². The first-order chi connectivity index (χ1) is 10.5. The lowest BCUT2D eigenvalue weighted by Crippen LogP contribution is -2.22. The number of hydrogen-bond acceptors (Lipinski definition) is 5. The molecule has 22 heavy (non-hydrogen) atoms. The molecule has 0 bridgehead atoms. The first-order valence-corrected chi connectivity index (χ1v) is 7.90. The van der Waals surface area contributed by atoms with Gasteiger partial charge in [0, 0.05) is 43.2 Å². The molecule has 0 amide bonds. The minimum atomic E-state index is 0.160. The van der Waals surface area contributed by atoms with E-state index < -0.39 is 0 Å². The largest absolute Gasteiger partial charge is 0.363 e. The van der Waals surface area contributed by atoms with Gasteiger partial charge in [0.15, 0.2) is 0 Å². The molecule has 1 saturated heterocycles. The molecule has 118 valence electrons. The first kappa shape index (κ1) is 14.8. The zero-order valence-corrected chi connectivity index (χ0v) is 13.8. The van der Waals surface area contributed by atoms with E-state index in [4.69, 9.17) is 4.98 Å². The van der Waals surface area contributed by atoms with Gasteiger partial charge in [-0.25, -0.2) is 4.98 Å². The Hall–Kier alpha value is -2.11. The summed E-state index contributed by atoms with van der Waals surface area (Å²) in [6.45, 7) is 8.36. The number of rotatable bonds is 4. The fourth-order valence-electron chi connectivity index (χ4n) is 2.77. The molecular formula is C16H24N6. The van der Waals surface area contributed by atoms with Gasteiger partial charge in [0.05, 0.1) is 12.2 Å². The molecular weight excluding hydrogens is 276 g/mol. The van der Waals surface area contributed by atoms with Crippen molar-refractivity contribution in [1.29, 1.82) is 0 Å². The van der Waals surface area contributed by atoms with Crippen molar-refractivity contribution in [3.05, 3.63) is 29.2 Å². The SMILES string of the molecule is Cc1nc(N2CCCC2)nc(NC(C)c2cnn(C)c2)c1C. The highest BCUT2D eigenvalue weighted by Gasteiger charge is 2.18. The fraction of sp³-hybridized carbons (Fsp3) is 0.562. The summed E-state index contributed by atoms with van der Waals surface area (Å²) in [6.07, 6.45) is 6.38. The van der Waals surface area contributed by atoms with E-state index in [1.807, 2.05) is 24.1 Å². The van der Waals surface area contributed by atoms with Crippen molar-refractivity contribution in [3.8, 4) is 0 Å². The Morgan fingerprint density at radius 2 is 1.91 bits per heavy atom. The smallest absolute Gasteiger partial charge is 0.227 e. The van der Waals surface area contributed by atoms with Crippen LogP contribution >= 0.6 is 0 Å². The Labute approximate surface area is 131 Å². The van der Waals surface area contributed by atoms with Crippen molar-refractivity contribution in [3.63, 3.8) is 0 Å². The summed E-state index contributed by atoms with van der Waals surface area (Å²) in [5.74, 6) is 1.77. The predicted molar refractivity (Wildman–Crippen MR) is 88.2 cm³/mol. The van der Waals surface area contributed by atoms with E-state index >= 15 is 0 Å². The van der Waals surface area contributed by atoms with Crippen molar-refractivity contribution >= 4 is 11.8 Å². The van der Waals surface area contributed by atoms with E-state index in [-0.39, 0.29) is 6.04 Å². The molecule has 0 radical (unpaired) electrons. The van der Waals surface area contributed by atoms with Gasteiger partial charge in [-0.2, -0.15) is 10.1 Å². The zero-order chi connectivity index (χ0) is 15.7. The highest BCUT2D eigenvalue weighted by Crippen LogP contribution is 2.25. The summed E-state index contributed by atoms with van der Waals surface area (Å²) in [5, 5.41) is 7.75. The minimum absolute atomic E-state index is 0.160. The molecule has 1 fully saturated rings. The molecule has 1 aliphatic heterocycles. The lowest BCUT2D eigenvalue weighted by molar-refractivity contribution is 0.765. The number of hydrogen-bond donors (Lipinski definition) is 1. The summed E-state index contributed by atoms with van der Waals surface area (Å²) < 4.78 is 1.82. The predicted octanol–water partition coefficient (Wildman–Crippen LogP) is 2.60. The summed E-state index contributed by atoms with van der Waals surface area (Å²) in [4.78, 5) is 11.7. The molecule has 3 rings (SSSR count). The second-order valence-corrected chi connectivity index (χ2v) is 6.09. The minimum Gasteiger partial charge on any atom is -0.363 e. The quantitative estimate of drug-likeness (QED) is 0.940. The lowest BCUT2D eigenvalue weighted by Gasteiger charge is -2.20. The summed E-state index contributed by atoms with van der Waals surface area (Å²) in [7, 11) is 1.93. The van der Waals surface area contributed by atoms with Crippen LogP contribution in [0.1, 0.15) is 42.6 Å². The van der Waals surface area contributed by atoms with E-state index in [1.54, 1.807) is 0 Å². The molecule has 0 spiro atoms. The van der Waals surface area contributed by atoms with Gasteiger partial charge in [0.2, 0.25) is 5.95 Å². The molecule has 1 N–H and O–H groups in total. The van der Waals surface area contributed by atoms with Crippen LogP contribution in [0.25, 0.3) is 0 Å². The topological polar surface area (TPSA) is 58.9 Å². The van der Waals surface area contributed by atoms with Crippen molar-refractivity contribution in [1.82, 2.24) is 19.7 Å². The van der Waals surface area contributed by atoms with Crippen LogP contribution in [0.3, 0.4) is 0 Å². The van der Waals surface area contributed by atoms with Crippen LogP contribution in [-0.2, 0) is 7.05 Å². The highest BCUT2D eigenvalue weighted by atomic mass is 15.3. The number of anilines is 2. The van der Waals surface area contributed by atoms with Crippen LogP contribution in [0.5, 0.6) is 0 Å². The molecule has 0 aliphatic carbocycles. The first-order valence-electron chi connectivity index (χ1n) is 7.90. The molecule has 6 heteroatoms. The zero-order valence-electron chi connectivity index (χ0n) is 13.8. The van der Waals surface area contributed by atoms with Gasteiger partial charge in [0.1, 0.15) is 5.82 Å². The van der Waals surface area contributed by atoms with Crippen molar-refractivity contribution < 1.29 is 0 Å². The van der Waals surface area contributed by atoms with E-state index in [9.17, 15) is 0 Å². The average molecular weight is 300 g/mol. The number of nitrogens with one attached hydrogen (secondary N) is 1. The molecule has 3 heterocycles. The van der Waals surface area contributed by atoms with Crippen LogP contribution in [0.2, 0.25) is 0 Å². The third-order valence-corrected chi connectivity index (χ3v) is 4.34. The monoisotopic (exact) mass is 300 g/mol. The fourth-order valence-corrected chi connectivity index (χ4v) is 2.77. The summed E-state index contributed by atoms with van der Waals surface area (Å²) >= 11 is 0. The number of aromatic nitrogens is 4. The van der Waals surface area contributed by atoms with E-state index in [0.29, 0.717) is 0 Å². The Morgan fingerprint density at radius 3 is 2.55 bits per heavy atom. The molecule has 1 aliphatic rings. The van der Waals surface area contributed by atoms with Crippen LogP contribution in [0.15, 0.2) is 12.4 Å². The molecule has 2 aromatic heterocycles. The van der Waals surface area contributed by atoms with Crippen LogP contribution in [0.4, 0.5) is 11.8 Å². The van der Waals surface area contributed by atoms with Crippen LogP contribution < -0.4 is 10.2 Å². The molecule has 1 atom stereocenters. The third-order valence-electron chi connectivity index (χ3n) is 4.34. The van der Waals surface area contributed by atoms with Gasteiger partial charge < -0.3 is 10.2 Å². The van der Waals surface area contributed by atoms with Crippen molar-refractivity contribution in [2.45, 2.75) is 39.7 Å². The maximum Gasteiger partial charge on any atom is 0.227 e. The molecule has 1 unspecified atom stereocenters. The van der Waals surface area contributed by atoms with Gasteiger partial charge in [0.25, 0.3) is 0 Å². The number of nitrogens with zero attached hydrogens (tertiary/aromatic N) is 5. The third kappa shape index (κ3) is 2.91. The highest BCUT2D eigenvalue weighted by molar-refractivity contribution is 5.51. The van der Waals surface area contributed by atoms with Gasteiger partial charge in [-0.3, -0.25) is 4.68 Å². The molecule has 0 saturated carbocycles. The Bertz CT molecular complexity index is 657. The second-order valence-electron chi connectivity index (χ2n) is 6.09. The molecule has 2 aromatic rings. The number of aryl methyl sites for hydroxylation is 2. The molecule has 6 nitrogen and oxygen atoms in total. The van der Waals surface area contributed by atoms with Crippen molar-refractivity contribution in [2.75, 3.05) is 23.3 Å². The van der Waals surface area contributed by atoms with Gasteiger partial charge in [-0.1, -0.05) is 0 Å². The van der Waals surface area contributed by atoms with E-state index in [0.717, 1.165) is 41.7 Å². The normalized spacial score (nSPS) is 16.1. The average Bonchev–Trinajstić information content (AvgIpc) is 3.14. The van der Waals surface area contributed by atoms with Crippen LogP contribution in [0, 0.1) is 13.8 Å². The summed E-state index contributed by atoms with van der Waals surface area (Å²) in [6, 6.07) is 0.160. The van der Waals surface area contributed by atoms with Gasteiger partial charge in [-0.15, -0.1) is 0 Å². The second kappa shape index (κ2) is 5.94. The van der Waals surface area contributed by atoms with Crippen molar-refractivity contribution in [2.24, 2.45) is 7.05 Å². The van der Waals surface area contributed by atoms with Crippen LogP contribution in [-0.4, -0.2) is 32.8 Å². The Morgan fingerprint density at radius 1 is 1.18 bits per heavy atom. The van der Waals surface area contributed by atoms with E-state index in [1.165, 1.54) is 12.8 Å². The Kier molecular flexibility index (Phi) is 4.00.